The van der Waals surface area contributed by atoms with Crippen LogP contribution in [0, 0.1) is 0 Å². The number of aromatic nitrogens is 6. The van der Waals surface area contributed by atoms with E-state index >= 15 is 0 Å². The maximum atomic E-state index is 12.6. The summed E-state index contributed by atoms with van der Waals surface area (Å²) < 4.78 is 8.65. The van der Waals surface area contributed by atoms with E-state index in [-0.39, 0.29) is 19.8 Å². The van der Waals surface area contributed by atoms with Gasteiger partial charge in [-0.1, -0.05) is 226 Å². The molecular formula is C75H78N8O3. The van der Waals surface area contributed by atoms with E-state index in [1.807, 2.05) is 60.8 Å². The highest BCUT2D eigenvalue weighted by Gasteiger charge is 2.39. The van der Waals surface area contributed by atoms with E-state index < -0.39 is 17.0 Å². The normalized spacial score (nSPS) is 11.2. The van der Waals surface area contributed by atoms with E-state index in [1.54, 1.807) is 0 Å². The Kier molecular flexibility index (Phi) is 20.6. The predicted octanol–water partition coefficient (Wildman–Crippen LogP) is 14.3. The first kappa shape index (κ1) is 60.7. The number of para-hydroxylation sites is 2. The minimum absolute atomic E-state index is 0. The first-order valence-electron chi connectivity index (χ1n) is 29.3. The molecule has 4 aromatic heterocycles. The largest absolute Gasteiger partial charge is 0.481 e. The van der Waals surface area contributed by atoms with Crippen LogP contribution in [-0.2, 0) is 60.4 Å². The van der Waals surface area contributed by atoms with Crippen LogP contribution < -0.4 is 11.1 Å². The molecule has 12 aromatic rings. The van der Waals surface area contributed by atoms with Gasteiger partial charge in [0.1, 0.15) is 11.1 Å². The summed E-state index contributed by atoms with van der Waals surface area (Å²) in [5.41, 5.74) is 18.5. The number of fused-ring (bicyclic) bond motifs is 2. The molecule has 8 aromatic carbocycles. The number of imidazole rings is 2. The molecule has 0 bridgehead atoms. The van der Waals surface area contributed by atoms with Crippen molar-refractivity contribution in [2.75, 3.05) is 13.1 Å². The number of carbonyl (C=O) groups is 2. The van der Waals surface area contributed by atoms with Gasteiger partial charge in [0, 0.05) is 80.1 Å². The van der Waals surface area contributed by atoms with Crippen molar-refractivity contribution in [2.45, 2.75) is 69.9 Å². The summed E-state index contributed by atoms with van der Waals surface area (Å²) in [6, 6.07) is 80.2. The lowest BCUT2D eigenvalue weighted by molar-refractivity contribution is -0.137. The molecule has 0 fully saturated rings. The zero-order chi connectivity index (χ0) is 58.9. The number of rotatable bonds is 21. The van der Waals surface area contributed by atoms with Crippen LogP contribution in [0.15, 0.2) is 268 Å². The van der Waals surface area contributed by atoms with Gasteiger partial charge in [0.15, 0.2) is 0 Å². The number of carboxylic acids is 1. The molecule has 0 unspecified atom stereocenters. The van der Waals surface area contributed by atoms with E-state index in [0.29, 0.717) is 25.9 Å². The van der Waals surface area contributed by atoms with Crippen molar-refractivity contribution in [3.05, 3.63) is 324 Å². The van der Waals surface area contributed by atoms with Crippen molar-refractivity contribution in [3.63, 3.8) is 0 Å². The summed E-state index contributed by atoms with van der Waals surface area (Å²) in [6.07, 6.45) is 17.8. The van der Waals surface area contributed by atoms with Crippen molar-refractivity contribution in [1.29, 1.82) is 0 Å². The topological polar surface area (TPSA) is 138 Å². The molecule has 0 saturated carbocycles. The molecule has 0 aliphatic rings. The minimum Gasteiger partial charge on any atom is -0.481 e. The van der Waals surface area contributed by atoms with Crippen LogP contribution in [0.5, 0.6) is 0 Å². The smallest absolute Gasteiger partial charge is 0.303 e. The van der Waals surface area contributed by atoms with Crippen molar-refractivity contribution >= 4 is 33.7 Å². The van der Waals surface area contributed by atoms with Crippen LogP contribution in [0.3, 0.4) is 0 Å². The number of carbonyl (C=O) groups excluding carboxylic acids is 1. The summed E-state index contributed by atoms with van der Waals surface area (Å²) in [7, 11) is 4.03. The van der Waals surface area contributed by atoms with E-state index in [4.69, 9.17) is 20.8 Å². The molecule has 4 heterocycles. The highest BCUT2D eigenvalue weighted by atomic mass is 16.4. The summed E-state index contributed by atoms with van der Waals surface area (Å²) in [6.45, 7) is 1.30. The van der Waals surface area contributed by atoms with Gasteiger partial charge in [-0.2, -0.15) is 0 Å². The number of benzene rings is 8. The maximum Gasteiger partial charge on any atom is 0.303 e. The number of carboxylic acid groups (broad SMARTS) is 1. The zero-order valence-electron chi connectivity index (χ0n) is 48.5. The molecule has 436 valence electrons. The van der Waals surface area contributed by atoms with Gasteiger partial charge < -0.3 is 34.4 Å². The first-order valence-corrected chi connectivity index (χ1v) is 29.3. The third-order valence-corrected chi connectivity index (χ3v) is 16.0. The van der Waals surface area contributed by atoms with Crippen molar-refractivity contribution in [1.82, 2.24) is 33.6 Å². The maximum absolute atomic E-state index is 12.6. The van der Waals surface area contributed by atoms with Gasteiger partial charge in [-0.3, -0.25) is 9.59 Å². The number of aryl methyl sites for hydroxylation is 6. The van der Waals surface area contributed by atoms with Gasteiger partial charge in [-0.15, -0.1) is 0 Å². The monoisotopic (exact) mass is 1140 g/mol. The fourth-order valence-electron chi connectivity index (χ4n) is 11.9. The molecule has 11 nitrogen and oxygen atoms in total. The quantitative estimate of drug-likeness (QED) is 0.0484. The lowest BCUT2D eigenvalue weighted by Gasteiger charge is -2.37. The second-order valence-electron chi connectivity index (χ2n) is 21.5. The molecule has 0 aliphatic carbocycles. The lowest BCUT2D eigenvalue weighted by atomic mass is 9.77. The van der Waals surface area contributed by atoms with Crippen molar-refractivity contribution < 1.29 is 14.7 Å². The molecular weight excluding hydrogens is 1060 g/mol. The van der Waals surface area contributed by atoms with Gasteiger partial charge in [0.2, 0.25) is 5.91 Å². The van der Waals surface area contributed by atoms with Crippen molar-refractivity contribution in [3.8, 4) is 0 Å². The van der Waals surface area contributed by atoms with Crippen LogP contribution in [0.25, 0.3) is 21.8 Å². The van der Waals surface area contributed by atoms with Gasteiger partial charge in [0.25, 0.3) is 0 Å². The van der Waals surface area contributed by atoms with Crippen LogP contribution in [0.2, 0.25) is 0 Å². The number of aliphatic carboxylic acids is 1. The Morgan fingerprint density at radius 2 is 0.767 bits per heavy atom. The fourth-order valence-corrected chi connectivity index (χ4v) is 11.9. The number of nitrogens with two attached hydrogens (primary N) is 1. The molecule has 0 spiro atoms. The average molecular weight is 1140 g/mol. The first-order chi connectivity index (χ1) is 41.7. The second kappa shape index (κ2) is 29.1. The number of amides is 1. The van der Waals surface area contributed by atoms with Crippen LogP contribution in [0.1, 0.15) is 89.0 Å². The van der Waals surface area contributed by atoms with Gasteiger partial charge in [-0.05, 0) is 102 Å². The Bertz CT molecular complexity index is 3830. The van der Waals surface area contributed by atoms with Gasteiger partial charge in [-0.25, -0.2) is 9.97 Å². The Morgan fingerprint density at radius 1 is 0.442 bits per heavy atom. The zero-order valence-corrected chi connectivity index (χ0v) is 48.5. The SMILES string of the molecule is C.Cn1cc(CCC(=O)NCCCc2cn(C(c3ccccc3)(c3ccccc3)c3ccccc3)cn2)c2ccccc21.Cn1cc(CCC(=O)O)c2ccccc21.NCCCc1cn(C(c2ccccc2)(c2ccccc2)c2ccccc2)cn1. The summed E-state index contributed by atoms with van der Waals surface area (Å²) >= 11 is 0. The van der Waals surface area contributed by atoms with Crippen LogP contribution >= 0.6 is 0 Å². The average Bonchev–Trinajstić information content (AvgIpc) is 1.21. The standard InChI is InChI=1S/C37H36N4O.C25H25N3.C12H13NO2.CH4/c1-40-26-29(34-21-11-12-22-35(34)40)23-24-36(42)38-25-13-20-33-27-41(28-39-33)37(30-14-5-2-6-15-30,31-16-7-3-8-17-31)32-18-9-4-10-19-32;26-18-10-17-24-19-28(20-27-24)25(21-11-4-1-5-12-21,22-13-6-2-7-14-22)23-15-8-3-9-16-23;1-13-8-9(6-7-12(14)15)10-4-2-3-5-11(10)13;/h2-12,14-19,21-22,26-28H,13,20,23-25H2,1H3,(H,38,42);1-9,11-16,19-20H,10,17-18,26H2;2-5,8H,6-7H2,1H3,(H,14,15);1H4. The summed E-state index contributed by atoms with van der Waals surface area (Å²) in [4.78, 5) is 32.7. The number of hydrogen-bond acceptors (Lipinski definition) is 5. The molecule has 1 amide bonds. The highest BCUT2D eigenvalue weighted by Crippen LogP contribution is 2.42. The second-order valence-corrected chi connectivity index (χ2v) is 21.5. The van der Waals surface area contributed by atoms with E-state index in [9.17, 15) is 9.59 Å². The summed E-state index contributed by atoms with van der Waals surface area (Å²) in [5.74, 6) is -0.660. The fraction of sp³-hybridized carbons (Fsp3) is 0.200. The number of nitrogens with zero attached hydrogens (tertiary/aromatic N) is 6. The van der Waals surface area contributed by atoms with E-state index in [1.165, 1.54) is 49.8 Å². The van der Waals surface area contributed by atoms with Gasteiger partial charge in [0.05, 0.1) is 24.0 Å². The molecule has 0 radical (unpaired) electrons. The molecule has 0 aliphatic heterocycles. The number of hydrogen-bond donors (Lipinski definition) is 3. The molecule has 0 atom stereocenters. The van der Waals surface area contributed by atoms with E-state index in [0.717, 1.165) is 60.0 Å². The van der Waals surface area contributed by atoms with Crippen LogP contribution in [0.4, 0.5) is 0 Å². The third kappa shape index (κ3) is 13.5. The lowest BCUT2D eigenvalue weighted by Crippen LogP contribution is -2.36. The predicted molar refractivity (Wildman–Crippen MR) is 349 cm³/mol. The van der Waals surface area contributed by atoms with Crippen LogP contribution in [-0.4, -0.2) is 58.3 Å². The van der Waals surface area contributed by atoms with Gasteiger partial charge >= 0.3 is 5.97 Å². The highest BCUT2D eigenvalue weighted by molar-refractivity contribution is 5.85. The molecule has 12 rings (SSSR count). The Balaban J connectivity index is 0.000000172. The molecule has 86 heavy (non-hydrogen) atoms. The Morgan fingerprint density at radius 3 is 1.12 bits per heavy atom. The molecule has 11 heteroatoms. The third-order valence-electron chi connectivity index (χ3n) is 16.0. The molecule has 4 N–H and O–H groups in total. The Hall–Kier alpha value is -9.84. The van der Waals surface area contributed by atoms with E-state index in [2.05, 4.69) is 245 Å². The Labute approximate surface area is 506 Å². The van der Waals surface area contributed by atoms with Crippen molar-refractivity contribution in [2.24, 2.45) is 19.8 Å². The minimum atomic E-state index is -0.747. The molecule has 0 saturated heterocycles. The summed E-state index contributed by atoms with van der Waals surface area (Å²) in [5, 5.41) is 14.1. The number of nitrogens with one attached hydrogen (secondary N) is 1.